The number of rotatable bonds is 1. The molecule has 0 aromatic rings. The summed E-state index contributed by atoms with van der Waals surface area (Å²) >= 11 is 0. The minimum absolute atomic E-state index is 0.00694. The molecule has 55 valence electrons. The van der Waals surface area contributed by atoms with E-state index in [4.69, 9.17) is 0 Å². The predicted octanol–water partition coefficient (Wildman–Crippen LogP) is -0.168. The molecule has 1 heterocycles. The fraction of sp³-hybridized carbons (Fsp3) is 1.00. The Balaban J connectivity index is 2.13. The summed E-state index contributed by atoms with van der Waals surface area (Å²) in [4.78, 5) is 0. The number of hydrogen-bond donors (Lipinski definition) is 2. The Bertz CT molecular complexity index is 150. The van der Waals surface area contributed by atoms with Crippen LogP contribution in [0.3, 0.4) is 0 Å². The van der Waals surface area contributed by atoms with E-state index in [1.165, 1.54) is 0 Å². The molecule has 0 bridgehead atoms. The molecule has 1 atom stereocenters. The molecule has 0 aromatic heterocycles. The molecule has 2 fully saturated rings. The van der Waals surface area contributed by atoms with Gasteiger partial charge in [-0.1, -0.05) is 0 Å². The summed E-state index contributed by atoms with van der Waals surface area (Å²) in [5.41, 5.74) is -0.382. The van der Waals surface area contributed by atoms with E-state index in [9.17, 15) is 5.11 Å². The van der Waals surface area contributed by atoms with Crippen molar-refractivity contribution in [3.63, 3.8) is 0 Å². The Kier molecular flexibility index (Phi) is 1.25. The van der Waals surface area contributed by atoms with Crippen LogP contribution in [0.15, 0.2) is 0 Å². The van der Waals surface area contributed by atoms with Crippen LogP contribution < -0.4 is 5.32 Å². The number of aliphatic hydroxyl groups is 1. The molecule has 0 amide bonds. The summed E-state index contributed by atoms with van der Waals surface area (Å²) in [6.45, 7) is 1.95. The van der Waals surface area contributed by atoms with Crippen molar-refractivity contribution < 1.29 is 5.11 Å². The standard InChI is InChI=1S/C7H12NOSi/c9-6(1-2-6)7(10)3-4-8-5-7/h8-9H,1-5H2/t7-/m0/s1. The van der Waals surface area contributed by atoms with E-state index < -0.39 is 0 Å². The van der Waals surface area contributed by atoms with Crippen LogP contribution in [0.4, 0.5) is 0 Å². The van der Waals surface area contributed by atoms with Gasteiger partial charge in [0.25, 0.3) is 0 Å². The number of hydrogen-bond acceptors (Lipinski definition) is 2. The third-order valence-corrected chi connectivity index (χ3v) is 3.66. The van der Waals surface area contributed by atoms with Crippen LogP contribution in [0.2, 0.25) is 5.04 Å². The van der Waals surface area contributed by atoms with Gasteiger partial charge >= 0.3 is 0 Å². The predicted molar refractivity (Wildman–Crippen MR) is 40.1 cm³/mol. The zero-order valence-corrected chi connectivity index (χ0v) is 6.98. The van der Waals surface area contributed by atoms with Crippen molar-refractivity contribution in [3.8, 4) is 0 Å². The highest BCUT2D eigenvalue weighted by Crippen LogP contribution is 2.55. The molecule has 1 saturated heterocycles. The van der Waals surface area contributed by atoms with Gasteiger partial charge < -0.3 is 10.4 Å². The van der Waals surface area contributed by atoms with E-state index in [1.54, 1.807) is 0 Å². The van der Waals surface area contributed by atoms with Gasteiger partial charge in [-0.05, 0) is 25.8 Å². The first-order valence-electron chi connectivity index (χ1n) is 3.84. The van der Waals surface area contributed by atoms with Crippen molar-refractivity contribution >= 4 is 10.2 Å². The molecule has 1 saturated carbocycles. The summed E-state index contributed by atoms with van der Waals surface area (Å²) in [5.74, 6) is 0. The third kappa shape index (κ3) is 0.774. The normalized spacial score (nSPS) is 43.8. The maximum atomic E-state index is 9.80. The second-order valence-electron chi connectivity index (χ2n) is 3.54. The topological polar surface area (TPSA) is 32.3 Å². The second kappa shape index (κ2) is 1.84. The van der Waals surface area contributed by atoms with Crippen LogP contribution in [0.5, 0.6) is 0 Å². The Morgan fingerprint density at radius 3 is 2.40 bits per heavy atom. The fourth-order valence-corrected chi connectivity index (χ4v) is 2.19. The van der Waals surface area contributed by atoms with E-state index in [0.29, 0.717) is 0 Å². The Morgan fingerprint density at radius 2 is 2.00 bits per heavy atom. The maximum Gasteiger partial charge on any atom is 0.0687 e. The molecule has 0 unspecified atom stereocenters. The second-order valence-corrected chi connectivity index (χ2v) is 4.50. The maximum absolute atomic E-state index is 9.80. The molecule has 2 aliphatic rings. The summed E-state index contributed by atoms with van der Waals surface area (Å²) < 4.78 is 0. The minimum Gasteiger partial charge on any atom is -0.390 e. The highest BCUT2D eigenvalue weighted by atomic mass is 28.1. The first-order valence-corrected chi connectivity index (χ1v) is 4.34. The molecule has 0 spiro atoms. The van der Waals surface area contributed by atoms with Gasteiger partial charge in [0.1, 0.15) is 0 Å². The van der Waals surface area contributed by atoms with Gasteiger partial charge in [0, 0.05) is 21.8 Å². The average Bonchev–Trinajstić information content (AvgIpc) is 2.46. The van der Waals surface area contributed by atoms with Crippen LogP contribution in [0.25, 0.3) is 0 Å². The Labute approximate surface area is 64.4 Å². The zero-order chi connectivity index (χ0) is 7.24. The van der Waals surface area contributed by atoms with E-state index in [-0.39, 0.29) is 10.6 Å². The van der Waals surface area contributed by atoms with Crippen LogP contribution in [0, 0.1) is 0 Å². The summed E-state index contributed by atoms with van der Waals surface area (Å²) in [6.07, 6.45) is 3.00. The Hall–Kier alpha value is 0.137. The van der Waals surface area contributed by atoms with Crippen LogP contribution in [-0.4, -0.2) is 34.0 Å². The van der Waals surface area contributed by atoms with Crippen molar-refractivity contribution in [2.24, 2.45) is 0 Å². The van der Waals surface area contributed by atoms with Gasteiger partial charge in [0.15, 0.2) is 0 Å². The molecular weight excluding hydrogens is 142 g/mol. The molecule has 3 radical (unpaired) electrons. The lowest BCUT2D eigenvalue weighted by atomic mass is 9.98. The van der Waals surface area contributed by atoms with E-state index >= 15 is 0 Å². The third-order valence-electron chi connectivity index (χ3n) is 2.77. The molecule has 2 rings (SSSR count). The fourth-order valence-electron chi connectivity index (χ4n) is 1.69. The molecule has 1 aliphatic heterocycles. The van der Waals surface area contributed by atoms with E-state index in [1.807, 2.05) is 0 Å². The van der Waals surface area contributed by atoms with Crippen molar-refractivity contribution in [1.29, 1.82) is 0 Å². The zero-order valence-electron chi connectivity index (χ0n) is 5.98. The monoisotopic (exact) mass is 154 g/mol. The highest BCUT2D eigenvalue weighted by molar-refractivity contribution is 6.17. The van der Waals surface area contributed by atoms with Gasteiger partial charge in [0.2, 0.25) is 0 Å². The SMILES string of the molecule is OC1([C@]2([Si])CCNC2)CC1. The van der Waals surface area contributed by atoms with Crippen LogP contribution in [-0.2, 0) is 0 Å². The lowest BCUT2D eigenvalue weighted by Crippen LogP contribution is -2.32. The van der Waals surface area contributed by atoms with Crippen LogP contribution in [0.1, 0.15) is 19.3 Å². The lowest BCUT2D eigenvalue weighted by molar-refractivity contribution is 0.102. The minimum atomic E-state index is -0.382. The van der Waals surface area contributed by atoms with E-state index in [0.717, 1.165) is 32.4 Å². The summed E-state index contributed by atoms with van der Waals surface area (Å²) in [5, 5.41) is 13.0. The molecule has 1 aliphatic carbocycles. The van der Waals surface area contributed by atoms with Gasteiger partial charge in [-0.25, -0.2) is 0 Å². The Morgan fingerprint density at radius 1 is 1.30 bits per heavy atom. The first-order chi connectivity index (χ1) is 4.66. The van der Waals surface area contributed by atoms with E-state index in [2.05, 4.69) is 15.6 Å². The van der Waals surface area contributed by atoms with Gasteiger partial charge in [0.05, 0.1) is 5.60 Å². The van der Waals surface area contributed by atoms with Gasteiger partial charge in [-0.3, -0.25) is 0 Å². The molecule has 2 N–H and O–H groups in total. The van der Waals surface area contributed by atoms with Gasteiger partial charge in [-0.15, -0.1) is 0 Å². The van der Waals surface area contributed by atoms with Crippen molar-refractivity contribution in [2.45, 2.75) is 29.9 Å². The number of nitrogens with one attached hydrogen (secondary N) is 1. The first kappa shape index (κ1) is 6.82. The lowest BCUT2D eigenvalue weighted by Gasteiger charge is -2.28. The van der Waals surface area contributed by atoms with Crippen molar-refractivity contribution in [3.05, 3.63) is 0 Å². The summed E-state index contributed by atoms with van der Waals surface area (Å²) in [7, 11) is 3.67. The average molecular weight is 154 g/mol. The van der Waals surface area contributed by atoms with Crippen LogP contribution >= 0.6 is 0 Å². The quantitative estimate of drug-likeness (QED) is 0.514. The highest BCUT2D eigenvalue weighted by Gasteiger charge is 2.56. The van der Waals surface area contributed by atoms with Crippen molar-refractivity contribution in [1.82, 2.24) is 5.32 Å². The summed E-state index contributed by atoms with van der Waals surface area (Å²) in [6, 6.07) is 0. The molecule has 3 heteroatoms. The molecule has 2 nitrogen and oxygen atoms in total. The molecule has 0 aromatic carbocycles. The van der Waals surface area contributed by atoms with Gasteiger partial charge in [-0.2, -0.15) is 0 Å². The smallest absolute Gasteiger partial charge is 0.0687 e. The van der Waals surface area contributed by atoms with Crippen molar-refractivity contribution in [2.75, 3.05) is 13.1 Å². The molecular formula is C7H12NOSi. The largest absolute Gasteiger partial charge is 0.390 e. The molecule has 10 heavy (non-hydrogen) atoms.